The molecule has 2 fully saturated rings. The molecule has 0 radical (unpaired) electrons. The van der Waals surface area contributed by atoms with Crippen molar-refractivity contribution in [3.8, 4) is 0 Å². The molecule has 0 bridgehead atoms. The highest BCUT2D eigenvalue weighted by atomic mass is 19.2. The van der Waals surface area contributed by atoms with Gasteiger partial charge < -0.3 is 10.0 Å². The summed E-state index contributed by atoms with van der Waals surface area (Å²) in [6.07, 6.45) is 2.47. The third-order valence-electron chi connectivity index (χ3n) is 6.13. The van der Waals surface area contributed by atoms with Crippen LogP contribution in [0.4, 0.5) is 8.78 Å². The van der Waals surface area contributed by atoms with Gasteiger partial charge in [-0.1, -0.05) is 12.5 Å². The molecule has 0 aromatic heterocycles. The fourth-order valence-electron chi connectivity index (χ4n) is 4.38. The molecular formula is C19H24F2N2O3. The fraction of sp³-hybridized carbons (Fsp3) is 0.579. The molecule has 1 amide bonds. The van der Waals surface area contributed by atoms with E-state index in [4.69, 9.17) is 0 Å². The van der Waals surface area contributed by atoms with Crippen LogP contribution in [0.25, 0.3) is 0 Å². The molecule has 2 aliphatic rings. The number of likely N-dealkylation sites (N-methyl/N-ethyl adjacent to an activating group) is 1. The minimum atomic E-state index is -0.939. The van der Waals surface area contributed by atoms with Gasteiger partial charge in [0.05, 0.1) is 18.0 Å². The van der Waals surface area contributed by atoms with E-state index in [1.165, 1.54) is 11.0 Å². The number of carboxylic acids is 1. The molecule has 1 saturated carbocycles. The van der Waals surface area contributed by atoms with E-state index in [2.05, 4.69) is 0 Å². The van der Waals surface area contributed by atoms with E-state index in [1.807, 2.05) is 4.90 Å². The van der Waals surface area contributed by atoms with Crippen LogP contribution < -0.4 is 0 Å². The second-order valence-corrected chi connectivity index (χ2v) is 7.57. The van der Waals surface area contributed by atoms with Crippen LogP contribution in [0.5, 0.6) is 0 Å². The Hall–Kier alpha value is -2.02. The van der Waals surface area contributed by atoms with Crippen molar-refractivity contribution in [3.63, 3.8) is 0 Å². The van der Waals surface area contributed by atoms with Crippen molar-refractivity contribution in [1.29, 1.82) is 0 Å². The minimum Gasteiger partial charge on any atom is -0.481 e. The van der Waals surface area contributed by atoms with Crippen LogP contribution in [0.15, 0.2) is 18.2 Å². The van der Waals surface area contributed by atoms with Crippen molar-refractivity contribution in [2.75, 3.05) is 26.7 Å². The number of fused-ring (bicyclic) bond motifs is 1. The summed E-state index contributed by atoms with van der Waals surface area (Å²) in [4.78, 5) is 27.8. The number of aliphatic carboxylic acids is 1. The Morgan fingerprint density at radius 2 is 2.12 bits per heavy atom. The summed E-state index contributed by atoms with van der Waals surface area (Å²) in [7, 11) is 1.62. The van der Waals surface area contributed by atoms with E-state index in [9.17, 15) is 23.5 Å². The van der Waals surface area contributed by atoms with Crippen LogP contribution >= 0.6 is 0 Å². The molecule has 3 atom stereocenters. The molecule has 1 unspecified atom stereocenters. The molecule has 5 nitrogen and oxygen atoms in total. The van der Waals surface area contributed by atoms with E-state index in [0.29, 0.717) is 25.1 Å². The van der Waals surface area contributed by atoms with Crippen LogP contribution in [0.1, 0.15) is 37.8 Å². The summed E-state index contributed by atoms with van der Waals surface area (Å²) in [6, 6.07) is 3.21. The predicted molar refractivity (Wildman–Crippen MR) is 91.4 cm³/mol. The van der Waals surface area contributed by atoms with Crippen molar-refractivity contribution < 1.29 is 23.5 Å². The van der Waals surface area contributed by atoms with Gasteiger partial charge in [-0.2, -0.15) is 0 Å². The maximum absolute atomic E-state index is 13.4. The van der Waals surface area contributed by atoms with Gasteiger partial charge in [-0.3, -0.25) is 14.5 Å². The van der Waals surface area contributed by atoms with Crippen LogP contribution in [0.2, 0.25) is 0 Å². The molecule has 1 N–H and O–H groups in total. The number of carbonyl (C=O) groups is 2. The Labute approximate surface area is 151 Å². The summed E-state index contributed by atoms with van der Waals surface area (Å²) < 4.78 is 26.5. The third-order valence-corrected chi connectivity index (χ3v) is 6.13. The highest BCUT2D eigenvalue weighted by molar-refractivity contribution is 5.79. The zero-order valence-electron chi connectivity index (χ0n) is 15.0. The normalized spacial score (nSPS) is 26.5. The Kier molecular flexibility index (Phi) is 5.01. The van der Waals surface area contributed by atoms with Gasteiger partial charge in [0.2, 0.25) is 5.91 Å². The van der Waals surface area contributed by atoms with Gasteiger partial charge in [0.15, 0.2) is 11.6 Å². The topological polar surface area (TPSA) is 60.9 Å². The van der Waals surface area contributed by atoms with Crippen molar-refractivity contribution >= 4 is 11.9 Å². The lowest BCUT2D eigenvalue weighted by Gasteiger charge is -2.28. The molecule has 1 aromatic rings. The molecule has 1 heterocycles. The third kappa shape index (κ3) is 3.20. The SMILES string of the molecule is CC(c1ccc(F)c(F)c1)N(C)C(=O)CN1C[C@@H]2CCC[C@@]2(C(=O)O)C1. The van der Waals surface area contributed by atoms with Gasteiger partial charge in [-0.25, -0.2) is 8.78 Å². The Balaban J connectivity index is 1.64. The second-order valence-electron chi connectivity index (χ2n) is 7.57. The maximum Gasteiger partial charge on any atom is 0.311 e. The van der Waals surface area contributed by atoms with Crippen LogP contribution in [-0.2, 0) is 9.59 Å². The lowest BCUT2D eigenvalue weighted by Crippen LogP contribution is -2.40. The molecule has 3 rings (SSSR count). The van der Waals surface area contributed by atoms with Crippen LogP contribution in [0, 0.1) is 23.0 Å². The highest BCUT2D eigenvalue weighted by Gasteiger charge is 2.54. The van der Waals surface area contributed by atoms with Gasteiger partial charge in [0, 0.05) is 20.1 Å². The number of amides is 1. The largest absolute Gasteiger partial charge is 0.481 e. The lowest BCUT2D eigenvalue weighted by atomic mass is 9.81. The number of likely N-dealkylation sites (tertiary alicyclic amines) is 1. The van der Waals surface area contributed by atoms with Gasteiger partial charge in [-0.15, -0.1) is 0 Å². The number of carbonyl (C=O) groups excluding carboxylic acids is 1. The van der Waals surface area contributed by atoms with Gasteiger partial charge >= 0.3 is 5.97 Å². The number of carboxylic acid groups (broad SMARTS) is 1. The summed E-state index contributed by atoms with van der Waals surface area (Å²) in [5.41, 5.74) is -0.204. The maximum atomic E-state index is 13.4. The molecule has 7 heteroatoms. The number of nitrogens with zero attached hydrogens (tertiary/aromatic N) is 2. The number of hydrogen-bond donors (Lipinski definition) is 1. The van der Waals surface area contributed by atoms with E-state index in [-0.39, 0.29) is 18.4 Å². The van der Waals surface area contributed by atoms with Gasteiger partial charge in [0.1, 0.15) is 0 Å². The first-order chi connectivity index (χ1) is 12.2. The number of hydrogen-bond acceptors (Lipinski definition) is 3. The monoisotopic (exact) mass is 366 g/mol. The number of halogens is 2. The van der Waals surface area contributed by atoms with Gasteiger partial charge in [-0.05, 0) is 43.4 Å². The second kappa shape index (κ2) is 6.95. The van der Waals surface area contributed by atoms with E-state index < -0.39 is 29.1 Å². The first-order valence-corrected chi connectivity index (χ1v) is 8.91. The number of rotatable bonds is 5. The Bertz CT molecular complexity index is 727. The van der Waals surface area contributed by atoms with E-state index >= 15 is 0 Å². The fourth-order valence-corrected chi connectivity index (χ4v) is 4.38. The number of benzene rings is 1. The first-order valence-electron chi connectivity index (χ1n) is 8.91. The zero-order valence-corrected chi connectivity index (χ0v) is 15.0. The summed E-state index contributed by atoms with van der Waals surface area (Å²) in [5.74, 6) is -2.69. The Morgan fingerprint density at radius 1 is 1.38 bits per heavy atom. The van der Waals surface area contributed by atoms with E-state index in [1.54, 1.807) is 14.0 Å². The lowest BCUT2D eigenvalue weighted by molar-refractivity contribution is -0.149. The summed E-state index contributed by atoms with van der Waals surface area (Å²) >= 11 is 0. The molecule has 1 aliphatic heterocycles. The Morgan fingerprint density at radius 3 is 2.73 bits per heavy atom. The minimum absolute atomic E-state index is 0.0988. The average molecular weight is 366 g/mol. The average Bonchev–Trinajstić information content (AvgIpc) is 3.13. The molecule has 0 spiro atoms. The molecule has 1 aliphatic carbocycles. The van der Waals surface area contributed by atoms with Crippen LogP contribution in [0.3, 0.4) is 0 Å². The molecule has 26 heavy (non-hydrogen) atoms. The molecular weight excluding hydrogens is 342 g/mol. The van der Waals surface area contributed by atoms with Crippen molar-refractivity contribution in [1.82, 2.24) is 9.80 Å². The van der Waals surface area contributed by atoms with Crippen molar-refractivity contribution in [2.45, 2.75) is 32.2 Å². The summed E-state index contributed by atoms with van der Waals surface area (Å²) in [6.45, 7) is 2.90. The molecule has 142 valence electrons. The quantitative estimate of drug-likeness (QED) is 0.870. The van der Waals surface area contributed by atoms with Crippen LogP contribution in [-0.4, -0.2) is 53.5 Å². The standard InChI is InChI=1S/C19H24F2N2O3/c1-12(13-5-6-15(20)16(21)8-13)22(2)17(24)10-23-9-14-4-3-7-19(14,11-23)18(25)26/h5-6,8,12,14H,3-4,7,9-11H2,1-2H3,(H,25,26)/t12?,14-,19+/m0/s1. The molecule has 1 saturated heterocycles. The smallest absolute Gasteiger partial charge is 0.311 e. The highest BCUT2D eigenvalue weighted by Crippen LogP contribution is 2.48. The summed E-state index contributed by atoms with van der Waals surface area (Å²) in [5, 5.41) is 9.63. The first kappa shape index (κ1) is 18.8. The zero-order chi connectivity index (χ0) is 19.1. The van der Waals surface area contributed by atoms with E-state index in [0.717, 1.165) is 25.0 Å². The van der Waals surface area contributed by atoms with Gasteiger partial charge in [0.25, 0.3) is 0 Å². The molecule has 1 aromatic carbocycles. The van der Waals surface area contributed by atoms with Crippen molar-refractivity contribution in [2.24, 2.45) is 11.3 Å². The predicted octanol–water partition coefficient (Wildman–Crippen LogP) is 2.67. The van der Waals surface area contributed by atoms with Crippen molar-refractivity contribution in [3.05, 3.63) is 35.4 Å².